The Hall–Kier alpha value is -1.92. The molecule has 1 aromatic carbocycles. The van der Waals surface area contributed by atoms with Crippen LogP contribution in [0.2, 0.25) is 0 Å². The van der Waals surface area contributed by atoms with Gasteiger partial charge in [0.15, 0.2) is 5.13 Å². The molecule has 3 N–H and O–H groups in total. The highest BCUT2D eigenvalue weighted by Gasteiger charge is 2.09. The molecule has 2 aromatic rings. The first-order valence-electron chi connectivity index (χ1n) is 5.43. The SMILES string of the molecule is O=C(NC[C@@H](O)c1ccccc1)Nc1nccs1. The molecule has 2 amide bonds. The maximum atomic E-state index is 11.5. The molecule has 18 heavy (non-hydrogen) atoms. The third-order valence-corrected chi connectivity index (χ3v) is 2.98. The van der Waals surface area contributed by atoms with Crippen molar-refractivity contribution in [3.05, 3.63) is 47.5 Å². The number of rotatable bonds is 4. The number of aliphatic hydroxyl groups is 1. The van der Waals surface area contributed by atoms with E-state index in [4.69, 9.17) is 0 Å². The zero-order valence-electron chi connectivity index (χ0n) is 9.54. The molecule has 0 saturated carbocycles. The first-order valence-corrected chi connectivity index (χ1v) is 6.31. The van der Waals surface area contributed by atoms with E-state index in [1.807, 2.05) is 30.3 Å². The van der Waals surface area contributed by atoms with E-state index >= 15 is 0 Å². The van der Waals surface area contributed by atoms with Crippen LogP contribution in [-0.4, -0.2) is 22.7 Å². The van der Waals surface area contributed by atoms with E-state index in [0.29, 0.717) is 5.13 Å². The van der Waals surface area contributed by atoms with E-state index in [9.17, 15) is 9.90 Å². The molecule has 0 spiro atoms. The Bertz CT molecular complexity index is 487. The van der Waals surface area contributed by atoms with Crippen molar-refractivity contribution in [1.29, 1.82) is 0 Å². The van der Waals surface area contributed by atoms with Crippen LogP contribution in [-0.2, 0) is 0 Å². The molecule has 0 radical (unpaired) electrons. The van der Waals surface area contributed by atoms with Crippen molar-refractivity contribution in [2.24, 2.45) is 0 Å². The molecule has 0 fully saturated rings. The van der Waals surface area contributed by atoms with Crippen molar-refractivity contribution in [2.45, 2.75) is 6.10 Å². The van der Waals surface area contributed by atoms with Gasteiger partial charge in [-0.05, 0) is 5.56 Å². The first kappa shape index (κ1) is 12.5. The minimum Gasteiger partial charge on any atom is -0.387 e. The molecule has 0 aliphatic rings. The summed E-state index contributed by atoms with van der Waals surface area (Å²) < 4.78 is 0. The summed E-state index contributed by atoms with van der Waals surface area (Å²) >= 11 is 1.34. The van der Waals surface area contributed by atoms with Gasteiger partial charge in [-0.1, -0.05) is 30.3 Å². The second-order valence-electron chi connectivity index (χ2n) is 3.60. The Morgan fingerprint density at radius 2 is 2.17 bits per heavy atom. The van der Waals surface area contributed by atoms with Crippen LogP contribution in [0.5, 0.6) is 0 Å². The van der Waals surface area contributed by atoms with Crippen molar-refractivity contribution in [3.63, 3.8) is 0 Å². The fraction of sp³-hybridized carbons (Fsp3) is 0.167. The van der Waals surface area contributed by atoms with Gasteiger partial charge in [-0.25, -0.2) is 9.78 Å². The van der Waals surface area contributed by atoms with Gasteiger partial charge >= 0.3 is 6.03 Å². The Morgan fingerprint density at radius 3 is 2.83 bits per heavy atom. The van der Waals surface area contributed by atoms with E-state index < -0.39 is 6.10 Å². The van der Waals surface area contributed by atoms with Crippen LogP contribution in [0, 0.1) is 0 Å². The predicted molar refractivity (Wildman–Crippen MR) is 70.5 cm³/mol. The van der Waals surface area contributed by atoms with Crippen LogP contribution in [0.4, 0.5) is 9.93 Å². The van der Waals surface area contributed by atoms with Gasteiger partial charge in [0.25, 0.3) is 0 Å². The van der Waals surface area contributed by atoms with Crippen molar-refractivity contribution < 1.29 is 9.90 Å². The van der Waals surface area contributed by atoms with Gasteiger partial charge < -0.3 is 10.4 Å². The topological polar surface area (TPSA) is 74.2 Å². The van der Waals surface area contributed by atoms with E-state index in [1.54, 1.807) is 11.6 Å². The van der Waals surface area contributed by atoms with E-state index in [1.165, 1.54) is 11.3 Å². The molecule has 1 atom stereocenters. The maximum absolute atomic E-state index is 11.5. The number of benzene rings is 1. The number of hydrogen-bond donors (Lipinski definition) is 3. The fourth-order valence-electron chi connectivity index (χ4n) is 1.41. The molecule has 2 rings (SSSR count). The summed E-state index contributed by atoms with van der Waals surface area (Å²) in [4.78, 5) is 15.4. The number of aliphatic hydroxyl groups excluding tert-OH is 1. The third-order valence-electron chi connectivity index (χ3n) is 2.29. The number of carbonyl (C=O) groups is 1. The number of amides is 2. The Morgan fingerprint density at radius 1 is 1.39 bits per heavy atom. The largest absolute Gasteiger partial charge is 0.387 e. The number of carbonyl (C=O) groups excluding carboxylic acids is 1. The highest BCUT2D eigenvalue weighted by molar-refractivity contribution is 7.13. The molecular weight excluding hydrogens is 250 g/mol. The van der Waals surface area contributed by atoms with Gasteiger partial charge in [-0.2, -0.15) is 0 Å². The highest BCUT2D eigenvalue weighted by atomic mass is 32.1. The number of thiazole rings is 1. The standard InChI is InChI=1S/C12H13N3O2S/c16-10(9-4-2-1-3-5-9)8-14-11(17)15-12-13-6-7-18-12/h1-7,10,16H,8H2,(H2,13,14,15,17)/t10-/m1/s1. The summed E-state index contributed by atoms with van der Waals surface area (Å²) in [5.41, 5.74) is 0.770. The summed E-state index contributed by atoms with van der Waals surface area (Å²) in [6.45, 7) is 0.154. The van der Waals surface area contributed by atoms with Gasteiger partial charge in [0.2, 0.25) is 0 Å². The Kier molecular flexibility index (Phi) is 4.27. The second kappa shape index (κ2) is 6.13. The van der Waals surface area contributed by atoms with Crippen LogP contribution in [0.25, 0.3) is 0 Å². The average molecular weight is 263 g/mol. The van der Waals surface area contributed by atoms with Gasteiger partial charge in [-0.15, -0.1) is 11.3 Å². The smallest absolute Gasteiger partial charge is 0.321 e. The molecule has 0 bridgehead atoms. The fourth-order valence-corrected chi connectivity index (χ4v) is 1.93. The van der Waals surface area contributed by atoms with Gasteiger partial charge in [-0.3, -0.25) is 5.32 Å². The summed E-state index contributed by atoms with van der Waals surface area (Å²) in [6, 6.07) is 8.80. The van der Waals surface area contributed by atoms with E-state index in [0.717, 1.165) is 5.56 Å². The third kappa shape index (κ3) is 3.54. The molecular formula is C12H13N3O2S. The molecule has 0 saturated heterocycles. The lowest BCUT2D eigenvalue weighted by molar-refractivity contribution is 0.175. The molecule has 0 unspecified atom stereocenters. The van der Waals surface area contributed by atoms with Crippen LogP contribution < -0.4 is 10.6 Å². The molecule has 1 aromatic heterocycles. The maximum Gasteiger partial charge on any atom is 0.321 e. The van der Waals surface area contributed by atoms with Crippen LogP contribution in [0.15, 0.2) is 41.9 Å². The number of nitrogens with zero attached hydrogens (tertiary/aromatic N) is 1. The van der Waals surface area contributed by atoms with Gasteiger partial charge in [0.05, 0.1) is 6.10 Å². The van der Waals surface area contributed by atoms with Crippen LogP contribution in [0.3, 0.4) is 0 Å². The van der Waals surface area contributed by atoms with Crippen molar-refractivity contribution in [2.75, 3.05) is 11.9 Å². The normalized spacial score (nSPS) is 11.8. The lowest BCUT2D eigenvalue weighted by Gasteiger charge is -2.12. The minimum atomic E-state index is -0.715. The van der Waals surface area contributed by atoms with Crippen molar-refractivity contribution in [1.82, 2.24) is 10.3 Å². The summed E-state index contributed by atoms with van der Waals surface area (Å²) in [7, 11) is 0. The Labute approximate surface area is 108 Å². The number of anilines is 1. The summed E-state index contributed by atoms with van der Waals surface area (Å²) in [5.74, 6) is 0. The highest BCUT2D eigenvalue weighted by Crippen LogP contribution is 2.11. The zero-order valence-corrected chi connectivity index (χ0v) is 10.4. The predicted octanol–water partition coefficient (Wildman–Crippen LogP) is 2.00. The number of nitrogens with one attached hydrogen (secondary N) is 2. The number of hydrogen-bond acceptors (Lipinski definition) is 4. The van der Waals surface area contributed by atoms with Crippen LogP contribution >= 0.6 is 11.3 Å². The molecule has 5 nitrogen and oxygen atoms in total. The van der Waals surface area contributed by atoms with E-state index in [-0.39, 0.29) is 12.6 Å². The van der Waals surface area contributed by atoms with Crippen LogP contribution in [0.1, 0.15) is 11.7 Å². The van der Waals surface area contributed by atoms with Crippen molar-refractivity contribution >= 4 is 22.5 Å². The van der Waals surface area contributed by atoms with Gasteiger partial charge in [0, 0.05) is 18.1 Å². The average Bonchev–Trinajstić information content (AvgIpc) is 2.90. The summed E-state index contributed by atoms with van der Waals surface area (Å²) in [5, 5.41) is 17.3. The minimum absolute atomic E-state index is 0.154. The number of aromatic nitrogens is 1. The molecule has 0 aliphatic heterocycles. The lowest BCUT2D eigenvalue weighted by Crippen LogP contribution is -2.32. The quantitative estimate of drug-likeness (QED) is 0.789. The molecule has 0 aliphatic carbocycles. The van der Waals surface area contributed by atoms with Gasteiger partial charge in [0.1, 0.15) is 0 Å². The Balaban J connectivity index is 1.79. The number of urea groups is 1. The monoisotopic (exact) mass is 263 g/mol. The molecule has 1 heterocycles. The second-order valence-corrected chi connectivity index (χ2v) is 4.49. The summed E-state index contributed by atoms with van der Waals surface area (Å²) in [6.07, 6.45) is 0.896. The molecule has 94 valence electrons. The zero-order chi connectivity index (χ0) is 12.8. The van der Waals surface area contributed by atoms with Crippen molar-refractivity contribution in [3.8, 4) is 0 Å². The van der Waals surface area contributed by atoms with E-state index in [2.05, 4.69) is 15.6 Å². The molecule has 6 heteroatoms. The first-order chi connectivity index (χ1) is 8.75. The lowest BCUT2D eigenvalue weighted by atomic mass is 10.1.